The molecule has 2 aromatic rings. The summed E-state index contributed by atoms with van der Waals surface area (Å²) in [4.78, 5) is 26.7. The first kappa shape index (κ1) is 16.1. The number of benzene rings is 2. The van der Waals surface area contributed by atoms with Crippen molar-refractivity contribution >= 4 is 17.5 Å². The second-order valence-electron chi connectivity index (χ2n) is 5.75. The molecule has 1 aliphatic rings. The van der Waals surface area contributed by atoms with Crippen molar-refractivity contribution in [1.82, 2.24) is 5.32 Å². The summed E-state index contributed by atoms with van der Waals surface area (Å²) in [5, 5.41) is 2.66. The van der Waals surface area contributed by atoms with Gasteiger partial charge >= 0.3 is 0 Å². The smallest absolute Gasteiger partial charge is 0.243 e. The molecule has 0 fully saturated rings. The SMILES string of the molecule is CNC(=O)[C@@H]1Cc2ccccc2N1C(=O)Cc1ccc(OC)cc1. The van der Waals surface area contributed by atoms with Crippen LogP contribution in [0, 0.1) is 0 Å². The van der Waals surface area contributed by atoms with Crippen LogP contribution in [0.5, 0.6) is 5.75 Å². The monoisotopic (exact) mass is 324 g/mol. The summed E-state index contributed by atoms with van der Waals surface area (Å²) in [7, 11) is 3.20. The molecule has 1 atom stereocenters. The summed E-state index contributed by atoms with van der Waals surface area (Å²) in [6.07, 6.45) is 0.788. The van der Waals surface area contributed by atoms with Crippen LogP contribution >= 0.6 is 0 Å². The van der Waals surface area contributed by atoms with E-state index in [1.165, 1.54) is 0 Å². The van der Waals surface area contributed by atoms with Gasteiger partial charge in [0.25, 0.3) is 0 Å². The Balaban J connectivity index is 1.85. The van der Waals surface area contributed by atoms with E-state index in [-0.39, 0.29) is 18.2 Å². The summed E-state index contributed by atoms with van der Waals surface area (Å²) in [6, 6.07) is 14.6. The number of methoxy groups -OCH3 is 1. The molecule has 0 radical (unpaired) electrons. The van der Waals surface area contributed by atoms with E-state index in [1.807, 2.05) is 48.5 Å². The van der Waals surface area contributed by atoms with Crippen LogP contribution in [0.1, 0.15) is 11.1 Å². The zero-order chi connectivity index (χ0) is 17.1. The van der Waals surface area contributed by atoms with E-state index in [0.29, 0.717) is 6.42 Å². The van der Waals surface area contributed by atoms with Crippen LogP contribution in [-0.4, -0.2) is 32.0 Å². The van der Waals surface area contributed by atoms with E-state index in [2.05, 4.69) is 5.32 Å². The van der Waals surface area contributed by atoms with Gasteiger partial charge in [-0.3, -0.25) is 14.5 Å². The Morgan fingerprint density at radius 3 is 2.54 bits per heavy atom. The number of rotatable bonds is 4. The predicted octanol–water partition coefficient (Wildman–Crippen LogP) is 1.94. The third-order valence-electron chi connectivity index (χ3n) is 4.31. The van der Waals surface area contributed by atoms with Crippen LogP contribution in [0.4, 0.5) is 5.69 Å². The van der Waals surface area contributed by atoms with Crippen LogP contribution < -0.4 is 15.0 Å². The number of likely N-dealkylation sites (N-methyl/N-ethyl adjacent to an activating group) is 1. The van der Waals surface area contributed by atoms with Gasteiger partial charge in [-0.25, -0.2) is 0 Å². The molecule has 3 rings (SSSR count). The van der Waals surface area contributed by atoms with Gasteiger partial charge in [0, 0.05) is 19.2 Å². The Morgan fingerprint density at radius 2 is 1.88 bits per heavy atom. The summed E-state index contributed by atoms with van der Waals surface area (Å²) >= 11 is 0. The lowest BCUT2D eigenvalue weighted by Crippen LogP contribution is -2.47. The number of hydrogen-bond donors (Lipinski definition) is 1. The zero-order valence-electron chi connectivity index (χ0n) is 13.8. The van der Waals surface area contributed by atoms with Gasteiger partial charge in [0.2, 0.25) is 11.8 Å². The molecule has 5 heteroatoms. The van der Waals surface area contributed by atoms with Crippen molar-refractivity contribution in [2.75, 3.05) is 19.1 Å². The van der Waals surface area contributed by atoms with E-state index in [4.69, 9.17) is 4.74 Å². The van der Waals surface area contributed by atoms with Crippen LogP contribution in [0.3, 0.4) is 0 Å². The van der Waals surface area contributed by atoms with Crippen molar-refractivity contribution in [3.8, 4) is 5.75 Å². The number of carbonyl (C=O) groups is 2. The van der Waals surface area contributed by atoms with Gasteiger partial charge in [-0.15, -0.1) is 0 Å². The normalized spacial score (nSPS) is 15.8. The Morgan fingerprint density at radius 1 is 1.17 bits per heavy atom. The number of para-hydroxylation sites is 1. The average molecular weight is 324 g/mol. The van der Waals surface area contributed by atoms with Crippen LogP contribution in [0.15, 0.2) is 48.5 Å². The van der Waals surface area contributed by atoms with E-state index >= 15 is 0 Å². The third kappa shape index (κ3) is 2.97. The predicted molar refractivity (Wildman–Crippen MR) is 92.2 cm³/mol. The van der Waals surface area contributed by atoms with Crippen LogP contribution in [0.2, 0.25) is 0 Å². The molecule has 0 bridgehead atoms. The number of carbonyl (C=O) groups excluding carboxylic acids is 2. The van der Waals surface area contributed by atoms with Gasteiger partial charge in [0.15, 0.2) is 0 Å². The average Bonchev–Trinajstić information content (AvgIpc) is 3.01. The maximum atomic E-state index is 12.9. The molecule has 5 nitrogen and oxygen atoms in total. The largest absolute Gasteiger partial charge is 0.497 e. The summed E-state index contributed by atoms with van der Waals surface area (Å²) in [6.45, 7) is 0. The van der Waals surface area contributed by atoms with E-state index < -0.39 is 6.04 Å². The first-order chi connectivity index (χ1) is 11.6. The highest BCUT2D eigenvalue weighted by Crippen LogP contribution is 2.32. The molecule has 2 aromatic carbocycles. The van der Waals surface area contributed by atoms with E-state index in [0.717, 1.165) is 22.6 Å². The first-order valence-electron chi connectivity index (χ1n) is 7.88. The lowest BCUT2D eigenvalue weighted by molar-refractivity contribution is -0.125. The Hall–Kier alpha value is -2.82. The second-order valence-corrected chi connectivity index (χ2v) is 5.75. The highest BCUT2D eigenvalue weighted by molar-refractivity contribution is 6.04. The van der Waals surface area contributed by atoms with Gasteiger partial charge < -0.3 is 10.1 Å². The van der Waals surface area contributed by atoms with Gasteiger partial charge in [0.1, 0.15) is 11.8 Å². The molecule has 124 valence electrons. The lowest BCUT2D eigenvalue weighted by Gasteiger charge is -2.24. The molecular formula is C19H20N2O3. The standard InChI is InChI=1S/C19H20N2O3/c1-20-19(23)17-12-14-5-3-4-6-16(14)21(17)18(22)11-13-7-9-15(24-2)10-8-13/h3-10,17H,11-12H2,1-2H3,(H,20,23)/t17-/m0/s1. The molecule has 0 aliphatic carbocycles. The molecule has 0 saturated heterocycles. The van der Waals surface area contributed by atoms with Crippen LogP contribution in [0.25, 0.3) is 0 Å². The van der Waals surface area contributed by atoms with Crippen molar-refractivity contribution in [3.63, 3.8) is 0 Å². The fraction of sp³-hybridized carbons (Fsp3) is 0.263. The molecule has 2 amide bonds. The Kier molecular flexibility index (Phi) is 4.51. The number of amides is 2. The summed E-state index contributed by atoms with van der Waals surface area (Å²) < 4.78 is 5.14. The summed E-state index contributed by atoms with van der Waals surface area (Å²) in [5.74, 6) is 0.522. The number of anilines is 1. The molecule has 1 heterocycles. The van der Waals surface area contributed by atoms with Crippen molar-refractivity contribution < 1.29 is 14.3 Å². The van der Waals surface area contributed by atoms with Crippen molar-refractivity contribution in [2.45, 2.75) is 18.9 Å². The molecular weight excluding hydrogens is 304 g/mol. The molecule has 1 aliphatic heterocycles. The molecule has 0 aromatic heterocycles. The molecule has 0 saturated carbocycles. The quantitative estimate of drug-likeness (QED) is 0.935. The maximum Gasteiger partial charge on any atom is 0.243 e. The summed E-state index contributed by atoms with van der Waals surface area (Å²) in [5.41, 5.74) is 2.74. The highest BCUT2D eigenvalue weighted by Gasteiger charge is 2.37. The highest BCUT2D eigenvalue weighted by atomic mass is 16.5. The van der Waals surface area contributed by atoms with Gasteiger partial charge in [0.05, 0.1) is 13.5 Å². The topological polar surface area (TPSA) is 58.6 Å². The fourth-order valence-electron chi connectivity index (χ4n) is 3.07. The number of ether oxygens (including phenoxy) is 1. The van der Waals surface area contributed by atoms with E-state index in [1.54, 1.807) is 19.1 Å². The number of hydrogen-bond acceptors (Lipinski definition) is 3. The molecule has 24 heavy (non-hydrogen) atoms. The van der Waals surface area contributed by atoms with Gasteiger partial charge in [-0.2, -0.15) is 0 Å². The fourth-order valence-corrected chi connectivity index (χ4v) is 3.07. The van der Waals surface area contributed by atoms with Crippen LogP contribution in [-0.2, 0) is 22.4 Å². The lowest BCUT2D eigenvalue weighted by atomic mass is 10.1. The minimum Gasteiger partial charge on any atom is -0.497 e. The van der Waals surface area contributed by atoms with Crippen molar-refractivity contribution in [3.05, 3.63) is 59.7 Å². The molecule has 0 unspecified atom stereocenters. The second kappa shape index (κ2) is 6.74. The zero-order valence-corrected chi connectivity index (χ0v) is 13.8. The Bertz CT molecular complexity index is 755. The van der Waals surface area contributed by atoms with Crippen molar-refractivity contribution in [1.29, 1.82) is 0 Å². The van der Waals surface area contributed by atoms with Gasteiger partial charge in [-0.1, -0.05) is 30.3 Å². The third-order valence-corrected chi connectivity index (χ3v) is 4.31. The first-order valence-corrected chi connectivity index (χ1v) is 7.88. The minimum atomic E-state index is -0.488. The number of nitrogens with zero attached hydrogens (tertiary/aromatic N) is 1. The van der Waals surface area contributed by atoms with Gasteiger partial charge in [-0.05, 0) is 29.3 Å². The number of nitrogens with one attached hydrogen (secondary N) is 1. The number of fused-ring (bicyclic) bond motifs is 1. The Labute approximate surface area is 141 Å². The van der Waals surface area contributed by atoms with Crippen molar-refractivity contribution in [2.24, 2.45) is 0 Å². The molecule has 1 N–H and O–H groups in total. The minimum absolute atomic E-state index is 0.0845. The van der Waals surface area contributed by atoms with E-state index in [9.17, 15) is 9.59 Å². The maximum absolute atomic E-state index is 12.9. The molecule has 0 spiro atoms.